The maximum Gasteiger partial charge on any atom is 0.339 e. The first-order valence-electron chi connectivity index (χ1n) is 10.5. The number of hydrogen-bond donors (Lipinski definition) is 1. The molecule has 0 radical (unpaired) electrons. The molecular weight excluding hydrogens is 458 g/mol. The van der Waals surface area contributed by atoms with E-state index in [0.717, 1.165) is 5.56 Å². The topological polar surface area (TPSA) is 122 Å². The van der Waals surface area contributed by atoms with Gasteiger partial charge in [-0.15, -0.1) is 0 Å². The molecule has 0 heterocycles. The molecule has 178 valence electrons. The van der Waals surface area contributed by atoms with Gasteiger partial charge in [-0.2, -0.15) is 8.42 Å². The van der Waals surface area contributed by atoms with Crippen molar-refractivity contribution in [3.05, 3.63) is 96.1 Å². The molecule has 0 fully saturated rings. The van der Waals surface area contributed by atoms with Crippen molar-refractivity contribution >= 4 is 22.1 Å². The lowest BCUT2D eigenvalue weighted by Crippen LogP contribution is -2.48. The van der Waals surface area contributed by atoms with E-state index in [2.05, 4.69) is 0 Å². The Kier molecular flexibility index (Phi) is 8.04. The number of ether oxygens (including phenoxy) is 2. The SMILES string of the molecule is CCOC(=O)CC(N)(C(=O)OCc1ccccc1)c1ccc(OS(=O)(=O)c2ccccc2)cc1. The fourth-order valence-corrected chi connectivity index (χ4v) is 4.10. The number of benzene rings is 3. The highest BCUT2D eigenvalue weighted by atomic mass is 32.2. The van der Waals surface area contributed by atoms with Crippen molar-refractivity contribution < 1.29 is 31.7 Å². The van der Waals surface area contributed by atoms with Gasteiger partial charge in [0.2, 0.25) is 0 Å². The molecule has 0 saturated carbocycles. The predicted octanol–water partition coefficient (Wildman–Crippen LogP) is 3.30. The van der Waals surface area contributed by atoms with Crippen LogP contribution in [0.3, 0.4) is 0 Å². The predicted molar refractivity (Wildman–Crippen MR) is 124 cm³/mol. The molecule has 0 aliphatic rings. The Bertz CT molecular complexity index is 1210. The van der Waals surface area contributed by atoms with E-state index in [1.165, 1.54) is 36.4 Å². The first-order chi connectivity index (χ1) is 16.2. The van der Waals surface area contributed by atoms with Crippen molar-refractivity contribution in [1.82, 2.24) is 0 Å². The van der Waals surface area contributed by atoms with Crippen LogP contribution in [0.15, 0.2) is 89.8 Å². The summed E-state index contributed by atoms with van der Waals surface area (Å²) < 4.78 is 40.4. The summed E-state index contributed by atoms with van der Waals surface area (Å²) in [6.07, 6.45) is -0.461. The number of nitrogens with two attached hydrogens (primary N) is 1. The third-order valence-corrected chi connectivity index (χ3v) is 6.17. The Hall–Kier alpha value is -3.69. The number of rotatable bonds is 10. The van der Waals surface area contributed by atoms with Crippen molar-refractivity contribution in [1.29, 1.82) is 0 Å². The van der Waals surface area contributed by atoms with E-state index in [1.807, 2.05) is 6.07 Å². The van der Waals surface area contributed by atoms with Crippen LogP contribution in [0.25, 0.3) is 0 Å². The second kappa shape index (κ2) is 11.0. The quantitative estimate of drug-likeness (QED) is 0.344. The Morgan fingerprint density at radius 3 is 2.03 bits per heavy atom. The fraction of sp³-hybridized carbons (Fsp3) is 0.200. The largest absolute Gasteiger partial charge is 0.466 e. The van der Waals surface area contributed by atoms with E-state index in [9.17, 15) is 18.0 Å². The van der Waals surface area contributed by atoms with Gasteiger partial charge in [0.25, 0.3) is 0 Å². The molecule has 8 nitrogen and oxygen atoms in total. The number of esters is 2. The Morgan fingerprint density at radius 2 is 1.44 bits per heavy atom. The minimum absolute atomic E-state index is 0.000881. The number of carbonyl (C=O) groups is 2. The zero-order valence-corrected chi connectivity index (χ0v) is 19.4. The maximum atomic E-state index is 13.0. The molecule has 1 atom stereocenters. The molecule has 3 rings (SSSR count). The van der Waals surface area contributed by atoms with E-state index in [0.29, 0.717) is 0 Å². The van der Waals surface area contributed by atoms with Gasteiger partial charge in [0.1, 0.15) is 17.3 Å². The molecule has 34 heavy (non-hydrogen) atoms. The Morgan fingerprint density at radius 1 is 0.853 bits per heavy atom. The maximum absolute atomic E-state index is 13.0. The Balaban J connectivity index is 1.82. The van der Waals surface area contributed by atoms with Crippen molar-refractivity contribution in [2.75, 3.05) is 6.61 Å². The van der Waals surface area contributed by atoms with Gasteiger partial charge in [-0.3, -0.25) is 4.79 Å². The van der Waals surface area contributed by atoms with Crippen LogP contribution in [0.5, 0.6) is 5.75 Å². The van der Waals surface area contributed by atoms with Crippen molar-refractivity contribution in [2.24, 2.45) is 5.73 Å². The van der Waals surface area contributed by atoms with Gasteiger partial charge in [0, 0.05) is 0 Å². The zero-order chi connectivity index (χ0) is 24.6. The van der Waals surface area contributed by atoms with E-state index in [4.69, 9.17) is 19.4 Å². The van der Waals surface area contributed by atoms with Crippen LogP contribution in [0, 0.1) is 0 Å². The molecule has 0 amide bonds. The zero-order valence-electron chi connectivity index (χ0n) is 18.5. The van der Waals surface area contributed by atoms with Gasteiger partial charge in [-0.05, 0) is 42.3 Å². The summed E-state index contributed by atoms with van der Waals surface area (Å²) >= 11 is 0. The lowest BCUT2D eigenvalue weighted by atomic mass is 9.87. The highest BCUT2D eigenvalue weighted by Crippen LogP contribution is 2.28. The third kappa shape index (κ3) is 6.21. The van der Waals surface area contributed by atoms with Gasteiger partial charge >= 0.3 is 22.1 Å². The molecule has 0 saturated heterocycles. The summed E-state index contributed by atoms with van der Waals surface area (Å²) in [7, 11) is -4.04. The van der Waals surface area contributed by atoms with Gasteiger partial charge in [-0.1, -0.05) is 60.7 Å². The third-order valence-electron chi connectivity index (χ3n) is 4.91. The molecule has 0 aromatic heterocycles. The summed E-state index contributed by atoms with van der Waals surface area (Å²) in [5.41, 5.74) is 5.54. The summed E-state index contributed by atoms with van der Waals surface area (Å²) in [6.45, 7) is 1.74. The normalized spacial score (nSPS) is 12.9. The summed E-state index contributed by atoms with van der Waals surface area (Å²) in [5, 5.41) is 0. The van der Waals surface area contributed by atoms with Crippen molar-refractivity contribution in [3.63, 3.8) is 0 Å². The Labute approximate surface area is 198 Å². The minimum Gasteiger partial charge on any atom is -0.466 e. The van der Waals surface area contributed by atoms with Crippen LogP contribution >= 0.6 is 0 Å². The van der Waals surface area contributed by atoms with Gasteiger partial charge in [-0.25, -0.2) is 4.79 Å². The molecule has 2 N–H and O–H groups in total. The van der Waals surface area contributed by atoms with Crippen molar-refractivity contribution in [3.8, 4) is 5.75 Å². The van der Waals surface area contributed by atoms with Crippen LogP contribution in [-0.4, -0.2) is 27.0 Å². The second-order valence-electron chi connectivity index (χ2n) is 7.39. The van der Waals surface area contributed by atoms with Gasteiger partial charge < -0.3 is 19.4 Å². The van der Waals surface area contributed by atoms with Crippen LogP contribution in [0.4, 0.5) is 0 Å². The second-order valence-corrected chi connectivity index (χ2v) is 8.94. The molecular formula is C25H25NO7S. The van der Waals surface area contributed by atoms with E-state index in [-0.39, 0.29) is 29.4 Å². The van der Waals surface area contributed by atoms with Crippen LogP contribution in [0.1, 0.15) is 24.5 Å². The average molecular weight is 484 g/mol. The van der Waals surface area contributed by atoms with E-state index in [1.54, 1.807) is 49.4 Å². The molecule has 3 aromatic rings. The first kappa shape index (κ1) is 24.9. The molecule has 0 bridgehead atoms. The molecule has 3 aromatic carbocycles. The van der Waals surface area contributed by atoms with Crippen LogP contribution < -0.4 is 9.92 Å². The molecule has 1 unspecified atom stereocenters. The van der Waals surface area contributed by atoms with Crippen molar-refractivity contribution in [2.45, 2.75) is 30.4 Å². The van der Waals surface area contributed by atoms with E-state index >= 15 is 0 Å². The standard InChI is InChI=1S/C25H25NO7S/c1-2-31-23(27)17-25(26,24(28)32-18-19-9-5-3-6-10-19)20-13-15-21(16-14-20)33-34(29,30)22-11-7-4-8-12-22/h3-16H,2,17-18,26H2,1H3. The molecule has 9 heteroatoms. The number of hydrogen-bond acceptors (Lipinski definition) is 8. The summed E-state index contributed by atoms with van der Waals surface area (Å²) in [6, 6.07) is 22.2. The monoisotopic (exact) mass is 483 g/mol. The van der Waals surface area contributed by atoms with Gasteiger partial charge in [0.15, 0.2) is 5.54 Å². The molecule has 0 aliphatic carbocycles. The highest BCUT2D eigenvalue weighted by molar-refractivity contribution is 7.87. The smallest absolute Gasteiger partial charge is 0.339 e. The first-order valence-corrected chi connectivity index (χ1v) is 11.9. The molecule has 0 aliphatic heterocycles. The van der Waals surface area contributed by atoms with Gasteiger partial charge in [0.05, 0.1) is 13.0 Å². The van der Waals surface area contributed by atoms with Crippen LogP contribution in [-0.2, 0) is 41.3 Å². The highest BCUT2D eigenvalue weighted by Gasteiger charge is 2.41. The molecule has 0 spiro atoms. The fourth-order valence-electron chi connectivity index (χ4n) is 3.15. The lowest BCUT2D eigenvalue weighted by molar-refractivity contribution is -0.158. The summed E-state index contributed by atoms with van der Waals surface area (Å²) in [4.78, 5) is 25.2. The van der Waals surface area contributed by atoms with E-state index < -0.39 is 34.0 Å². The average Bonchev–Trinajstić information content (AvgIpc) is 2.84. The minimum atomic E-state index is -4.04. The number of carbonyl (C=O) groups excluding carboxylic acids is 2. The summed E-state index contributed by atoms with van der Waals surface area (Å²) in [5.74, 6) is -1.48. The lowest BCUT2D eigenvalue weighted by Gasteiger charge is -2.27. The van der Waals surface area contributed by atoms with Crippen LogP contribution in [0.2, 0.25) is 0 Å².